The number of allylic oxidation sites excluding steroid dienone is 1. The SMILES string of the molecule is C=CCCc1ccc(C2CC(CCCCCCC)CCC2F)cc1. The van der Waals surface area contributed by atoms with Crippen molar-refractivity contribution in [2.45, 2.75) is 89.6 Å². The minimum absolute atomic E-state index is 0.118. The van der Waals surface area contributed by atoms with Gasteiger partial charge in [-0.2, -0.15) is 0 Å². The third kappa shape index (κ3) is 6.07. The highest BCUT2D eigenvalue weighted by Gasteiger charge is 2.31. The monoisotopic (exact) mass is 330 g/mol. The second-order valence-corrected chi connectivity index (χ2v) is 7.57. The topological polar surface area (TPSA) is 0 Å². The van der Waals surface area contributed by atoms with Crippen molar-refractivity contribution in [1.82, 2.24) is 0 Å². The highest BCUT2D eigenvalue weighted by atomic mass is 19.1. The number of benzene rings is 1. The van der Waals surface area contributed by atoms with Crippen LogP contribution in [0.3, 0.4) is 0 Å². The molecule has 1 aromatic carbocycles. The van der Waals surface area contributed by atoms with Crippen LogP contribution in [0.2, 0.25) is 0 Å². The molecular weight excluding hydrogens is 295 g/mol. The van der Waals surface area contributed by atoms with Gasteiger partial charge in [-0.25, -0.2) is 4.39 Å². The Morgan fingerprint density at radius 1 is 1.08 bits per heavy atom. The summed E-state index contributed by atoms with van der Waals surface area (Å²) in [5.74, 6) is 0.844. The van der Waals surface area contributed by atoms with Crippen LogP contribution < -0.4 is 0 Å². The van der Waals surface area contributed by atoms with Crippen molar-refractivity contribution >= 4 is 0 Å². The molecule has 1 aromatic rings. The van der Waals surface area contributed by atoms with Crippen LogP contribution in [-0.4, -0.2) is 6.17 Å². The van der Waals surface area contributed by atoms with Gasteiger partial charge in [-0.15, -0.1) is 6.58 Å². The van der Waals surface area contributed by atoms with Crippen molar-refractivity contribution in [3.8, 4) is 0 Å². The van der Waals surface area contributed by atoms with E-state index in [0.29, 0.717) is 0 Å². The molecule has 0 amide bonds. The number of hydrogen-bond donors (Lipinski definition) is 0. The van der Waals surface area contributed by atoms with Gasteiger partial charge in [0.1, 0.15) is 6.17 Å². The summed E-state index contributed by atoms with van der Waals surface area (Å²) in [6.07, 6.45) is 14.2. The quantitative estimate of drug-likeness (QED) is 0.310. The highest BCUT2D eigenvalue weighted by Crippen LogP contribution is 2.40. The van der Waals surface area contributed by atoms with Crippen LogP contribution >= 0.6 is 0 Å². The van der Waals surface area contributed by atoms with Crippen molar-refractivity contribution in [2.24, 2.45) is 5.92 Å². The van der Waals surface area contributed by atoms with Crippen LogP contribution in [-0.2, 0) is 6.42 Å². The van der Waals surface area contributed by atoms with Gasteiger partial charge in [0.15, 0.2) is 0 Å². The first-order valence-corrected chi connectivity index (χ1v) is 10.1. The van der Waals surface area contributed by atoms with E-state index >= 15 is 0 Å². The normalized spacial score (nSPS) is 24.0. The lowest BCUT2D eigenvalue weighted by Crippen LogP contribution is -2.24. The van der Waals surface area contributed by atoms with Gasteiger partial charge in [0, 0.05) is 5.92 Å². The minimum Gasteiger partial charge on any atom is -0.247 e. The fourth-order valence-corrected chi connectivity index (χ4v) is 4.06. The number of halogens is 1. The summed E-state index contributed by atoms with van der Waals surface area (Å²) in [7, 11) is 0. The summed E-state index contributed by atoms with van der Waals surface area (Å²) in [6.45, 7) is 6.04. The number of alkyl halides is 1. The predicted molar refractivity (Wildman–Crippen MR) is 103 cm³/mol. The molecule has 1 saturated carbocycles. The zero-order valence-corrected chi connectivity index (χ0v) is 15.5. The lowest BCUT2D eigenvalue weighted by atomic mass is 9.75. The van der Waals surface area contributed by atoms with E-state index < -0.39 is 6.17 Å². The molecule has 0 aromatic heterocycles. The van der Waals surface area contributed by atoms with Crippen LogP contribution in [0.1, 0.15) is 88.2 Å². The Kier molecular flexibility index (Phi) is 8.56. The highest BCUT2D eigenvalue weighted by molar-refractivity contribution is 5.27. The van der Waals surface area contributed by atoms with Gasteiger partial charge in [0.2, 0.25) is 0 Å². The second kappa shape index (κ2) is 10.7. The molecule has 0 nitrogen and oxygen atoms in total. The Morgan fingerprint density at radius 3 is 2.54 bits per heavy atom. The number of unbranched alkanes of at least 4 members (excludes halogenated alkanes) is 4. The molecular formula is C23H35F. The molecule has 1 fully saturated rings. The van der Waals surface area contributed by atoms with E-state index in [9.17, 15) is 4.39 Å². The fraction of sp³-hybridized carbons (Fsp3) is 0.652. The summed E-state index contributed by atoms with van der Waals surface area (Å²) in [4.78, 5) is 0. The molecule has 0 heterocycles. The van der Waals surface area contributed by atoms with Gasteiger partial charge < -0.3 is 0 Å². The largest absolute Gasteiger partial charge is 0.247 e. The van der Waals surface area contributed by atoms with Crippen molar-refractivity contribution in [1.29, 1.82) is 0 Å². The number of aryl methyl sites for hydroxylation is 1. The summed E-state index contributed by atoms with van der Waals surface area (Å²) in [5, 5.41) is 0. The zero-order chi connectivity index (χ0) is 17.2. The molecule has 1 aliphatic rings. The molecule has 134 valence electrons. The molecule has 24 heavy (non-hydrogen) atoms. The molecule has 0 bridgehead atoms. The lowest BCUT2D eigenvalue weighted by Gasteiger charge is -2.32. The molecule has 3 atom stereocenters. The lowest BCUT2D eigenvalue weighted by molar-refractivity contribution is 0.168. The van der Waals surface area contributed by atoms with E-state index in [1.807, 2.05) is 6.08 Å². The van der Waals surface area contributed by atoms with Crippen LogP contribution in [0, 0.1) is 5.92 Å². The average molecular weight is 331 g/mol. The maximum absolute atomic E-state index is 14.5. The molecule has 0 aliphatic heterocycles. The molecule has 0 N–H and O–H groups in total. The average Bonchev–Trinajstić information content (AvgIpc) is 2.61. The van der Waals surface area contributed by atoms with Crippen molar-refractivity contribution < 1.29 is 4.39 Å². The standard InChI is InChI=1S/C23H35F/c1-3-5-7-8-9-11-20-14-17-23(24)22(18-20)21-15-12-19(13-16-21)10-6-4-2/h4,12-13,15-16,20,22-23H,2-3,5-11,14,17-18H2,1H3. The van der Waals surface area contributed by atoms with Crippen LogP contribution in [0.15, 0.2) is 36.9 Å². The summed E-state index contributed by atoms with van der Waals surface area (Å²) in [5.41, 5.74) is 2.54. The fourth-order valence-electron chi connectivity index (χ4n) is 4.06. The van der Waals surface area contributed by atoms with E-state index in [2.05, 4.69) is 37.8 Å². The molecule has 1 aliphatic carbocycles. The van der Waals surface area contributed by atoms with Crippen molar-refractivity contribution in [3.63, 3.8) is 0 Å². The first-order valence-electron chi connectivity index (χ1n) is 10.1. The van der Waals surface area contributed by atoms with Crippen LogP contribution in [0.4, 0.5) is 4.39 Å². The number of hydrogen-bond acceptors (Lipinski definition) is 0. The maximum atomic E-state index is 14.5. The zero-order valence-electron chi connectivity index (χ0n) is 15.5. The molecule has 0 saturated heterocycles. The first-order chi connectivity index (χ1) is 11.7. The van der Waals surface area contributed by atoms with Gasteiger partial charge in [-0.3, -0.25) is 0 Å². The van der Waals surface area contributed by atoms with Crippen molar-refractivity contribution in [2.75, 3.05) is 0 Å². The van der Waals surface area contributed by atoms with Gasteiger partial charge in [0.05, 0.1) is 0 Å². The van der Waals surface area contributed by atoms with Crippen molar-refractivity contribution in [3.05, 3.63) is 48.0 Å². The van der Waals surface area contributed by atoms with Gasteiger partial charge in [0.25, 0.3) is 0 Å². The van der Waals surface area contributed by atoms with E-state index in [0.717, 1.165) is 38.0 Å². The summed E-state index contributed by atoms with van der Waals surface area (Å²) < 4.78 is 14.5. The Bertz CT molecular complexity index is 461. The third-order valence-corrected chi connectivity index (χ3v) is 5.64. The minimum atomic E-state index is -0.652. The van der Waals surface area contributed by atoms with Crippen LogP contribution in [0.5, 0.6) is 0 Å². The van der Waals surface area contributed by atoms with Crippen LogP contribution in [0.25, 0.3) is 0 Å². The third-order valence-electron chi connectivity index (χ3n) is 5.64. The molecule has 0 radical (unpaired) electrons. The van der Waals surface area contributed by atoms with E-state index in [4.69, 9.17) is 0 Å². The Hall–Kier alpha value is -1.11. The van der Waals surface area contributed by atoms with E-state index in [1.54, 1.807) is 0 Å². The molecule has 3 unspecified atom stereocenters. The Labute approximate surface area is 148 Å². The molecule has 1 heteroatoms. The van der Waals surface area contributed by atoms with Gasteiger partial charge in [-0.1, -0.05) is 75.8 Å². The molecule has 2 rings (SSSR count). The smallest absolute Gasteiger partial charge is 0.107 e. The Balaban J connectivity index is 1.84. The Morgan fingerprint density at radius 2 is 1.83 bits per heavy atom. The van der Waals surface area contributed by atoms with Gasteiger partial charge >= 0.3 is 0 Å². The summed E-state index contributed by atoms with van der Waals surface area (Å²) in [6, 6.07) is 8.69. The second-order valence-electron chi connectivity index (χ2n) is 7.57. The summed E-state index contributed by atoms with van der Waals surface area (Å²) >= 11 is 0. The molecule has 0 spiro atoms. The number of rotatable bonds is 10. The predicted octanol–water partition coefficient (Wildman–Crippen LogP) is 7.39. The van der Waals surface area contributed by atoms with Gasteiger partial charge in [-0.05, 0) is 49.1 Å². The van der Waals surface area contributed by atoms with E-state index in [-0.39, 0.29) is 5.92 Å². The maximum Gasteiger partial charge on any atom is 0.107 e. The first kappa shape index (κ1) is 19.2. The van der Waals surface area contributed by atoms with E-state index in [1.165, 1.54) is 49.7 Å².